The maximum absolute atomic E-state index is 10.2. The molecule has 2 heteroatoms. The van der Waals surface area contributed by atoms with Crippen molar-refractivity contribution in [2.75, 3.05) is 0 Å². The van der Waals surface area contributed by atoms with E-state index in [0.717, 1.165) is 22.6 Å². The summed E-state index contributed by atoms with van der Waals surface area (Å²) in [6, 6.07) is 13.8. The zero-order valence-electron chi connectivity index (χ0n) is 15.5. The number of hydrogen-bond donors (Lipinski definition) is 1. The Morgan fingerprint density at radius 2 is 1.38 bits per heavy atom. The monoisotopic (exact) mass is 338 g/mol. The molecule has 2 aromatic carbocycles. The number of phenols is 1. The predicted molar refractivity (Wildman–Crippen MR) is 107 cm³/mol. The molecule has 24 heavy (non-hydrogen) atoms. The first-order valence-electron chi connectivity index (χ1n) is 9.32. The minimum absolute atomic E-state index is 0.465. The number of aryl methyl sites for hydroxylation is 3. The minimum atomic E-state index is -1.27. The summed E-state index contributed by atoms with van der Waals surface area (Å²) in [7, 11) is -1.27. The van der Waals surface area contributed by atoms with Crippen LogP contribution in [0.4, 0.5) is 0 Å². The molecule has 0 heterocycles. The molecule has 3 rings (SSSR count). The molecular weight excluding hydrogens is 308 g/mol. The highest BCUT2D eigenvalue weighted by atomic mass is 28.3. The van der Waals surface area contributed by atoms with Gasteiger partial charge in [-0.05, 0) is 43.4 Å². The van der Waals surface area contributed by atoms with Crippen molar-refractivity contribution in [2.45, 2.75) is 58.9 Å². The van der Waals surface area contributed by atoms with Crippen molar-refractivity contribution in [3.05, 3.63) is 53.1 Å². The maximum atomic E-state index is 10.2. The second-order valence-corrected chi connectivity index (χ2v) is 11.1. The van der Waals surface area contributed by atoms with Gasteiger partial charge in [-0.25, -0.2) is 0 Å². The third-order valence-electron chi connectivity index (χ3n) is 5.84. The Labute approximate surface area is 148 Å². The van der Waals surface area contributed by atoms with E-state index >= 15 is 0 Å². The van der Waals surface area contributed by atoms with Crippen LogP contribution in [0.25, 0.3) is 0 Å². The Morgan fingerprint density at radius 1 is 0.833 bits per heavy atom. The maximum Gasteiger partial charge on any atom is 0.121 e. The van der Waals surface area contributed by atoms with Gasteiger partial charge in [-0.15, -0.1) is 0 Å². The van der Waals surface area contributed by atoms with Crippen LogP contribution >= 0.6 is 0 Å². The van der Waals surface area contributed by atoms with Crippen LogP contribution in [0.1, 0.15) is 49.3 Å². The van der Waals surface area contributed by atoms with Crippen molar-refractivity contribution in [3.63, 3.8) is 0 Å². The SMILES string of the molecule is Cc1ccc([SiH](c2cc(C)c(O)c(C)c2)C2CCC(C)CC2)cc1. The molecule has 0 aromatic heterocycles. The molecule has 1 saturated carbocycles. The summed E-state index contributed by atoms with van der Waals surface area (Å²) >= 11 is 0. The van der Waals surface area contributed by atoms with Gasteiger partial charge in [-0.2, -0.15) is 0 Å². The van der Waals surface area contributed by atoms with Gasteiger partial charge in [0.15, 0.2) is 0 Å². The molecule has 0 radical (unpaired) electrons. The summed E-state index contributed by atoms with van der Waals surface area (Å²) in [6.07, 6.45) is 5.47. The van der Waals surface area contributed by atoms with Gasteiger partial charge in [0.05, 0.1) is 0 Å². The molecule has 0 amide bonds. The molecule has 1 nitrogen and oxygen atoms in total. The first-order valence-corrected chi connectivity index (χ1v) is 11.1. The van der Waals surface area contributed by atoms with E-state index in [2.05, 4.69) is 50.2 Å². The summed E-state index contributed by atoms with van der Waals surface area (Å²) in [5.74, 6) is 1.35. The third kappa shape index (κ3) is 3.59. The van der Waals surface area contributed by atoms with E-state index in [4.69, 9.17) is 0 Å². The van der Waals surface area contributed by atoms with Crippen molar-refractivity contribution in [3.8, 4) is 5.75 Å². The summed E-state index contributed by atoms with van der Waals surface area (Å²) < 4.78 is 0. The molecule has 0 saturated heterocycles. The van der Waals surface area contributed by atoms with E-state index in [9.17, 15) is 5.11 Å². The van der Waals surface area contributed by atoms with E-state index in [1.807, 2.05) is 13.8 Å². The van der Waals surface area contributed by atoms with Crippen LogP contribution in [0.2, 0.25) is 5.54 Å². The van der Waals surface area contributed by atoms with Crippen molar-refractivity contribution in [1.82, 2.24) is 0 Å². The standard InChI is InChI=1S/C22H30OSi/c1-15-5-9-19(10-6-15)24(20-11-7-16(2)8-12-20)21-13-17(3)22(23)18(4)14-21/h5-6,9-10,13-14,16,20,23-24H,7-8,11-12H2,1-4H3. The lowest BCUT2D eigenvalue weighted by molar-refractivity contribution is 0.383. The zero-order valence-corrected chi connectivity index (χ0v) is 16.6. The number of hydrogen-bond acceptors (Lipinski definition) is 1. The quantitative estimate of drug-likeness (QED) is 0.830. The van der Waals surface area contributed by atoms with Gasteiger partial charge in [0.25, 0.3) is 0 Å². The third-order valence-corrected chi connectivity index (χ3v) is 9.61. The molecule has 2 aromatic rings. The Balaban J connectivity index is 2.03. The highest BCUT2D eigenvalue weighted by Crippen LogP contribution is 2.35. The molecule has 1 N–H and O–H groups in total. The van der Waals surface area contributed by atoms with E-state index < -0.39 is 8.80 Å². The van der Waals surface area contributed by atoms with Crippen LogP contribution in [-0.4, -0.2) is 13.9 Å². The van der Waals surface area contributed by atoms with Crippen LogP contribution in [0.5, 0.6) is 5.75 Å². The highest BCUT2D eigenvalue weighted by Gasteiger charge is 2.30. The zero-order chi connectivity index (χ0) is 17.3. The fourth-order valence-corrected chi connectivity index (χ4v) is 8.29. The minimum Gasteiger partial charge on any atom is -0.507 e. The molecule has 1 aliphatic carbocycles. The van der Waals surface area contributed by atoms with Gasteiger partial charge >= 0.3 is 0 Å². The molecular formula is C22H30OSi. The first kappa shape index (κ1) is 17.3. The smallest absolute Gasteiger partial charge is 0.121 e. The van der Waals surface area contributed by atoms with E-state index in [-0.39, 0.29) is 0 Å². The summed E-state index contributed by atoms with van der Waals surface area (Å²) in [5.41, 5.74) is 4.23. The van der Waals surface area contributed by atoms with Crippen LogP contribution < -0.4 is 10.4 Å². The van der Waals surface area contributed by atoms with Crippen molar-refractivity contribution < 1.29 is 5.11 Å². The molecule has 0 spiro atoms. The van der Waals surface area contributed by atoms with E-state index in [0.29, 0.717) is 5.75 Å². The second-order valence-electron chi connectivity index (χ2n) is 7.91. The molecule has 1 atom stereocenters. The number of aromatic hydroxyl groups is 1. The van der Waals surface area contributed by atoms with Crippen LogP contribution in [0.3, 0.4) is 0 Å². The summed E-state index contributed by atoms with van der Waals surface area (Å²) in [4.78, 5) is 0. The van der Waals surface area contributed by atoms with Crippen LogP contribution in [0.15, 0.2) is 36.4 Å². The van der Waals surface area contributed by atoms with Gasteiger partial charge in [0.1, 0.15) is 14.5 Å². The second kappa shape index (κ2) is 7.14. The average Bonchev–Trinajstić information content (AvgIpc) is 2.56. The fourth-order valence-electron chi connectivity index (χ4n) is 4.30. The molecule has 1 unspecified atom stereocenters. The average molecular weight is 339 g/mol. The predicted octanol–water partition coefficient (Wildman–Crippen LogP) is 4.24. The molecule has 0 aliphatic heterocycles. The largest absolute Gasteiger partial charge is 0.507 e. The molecule has 0 bridgehead atoms. The normalized spacial score (nSPS) is 22.3. The molecule has 128 valence electrons. The Bertz CT molecular complexity index is 673. The van der Waals surface area contributed by atoms with E-state index in [1.54, 1.807) is 5.19 Å². The van der Waals surface area contributed by atoms with Crippen molar-refractivity contribution in [1.29, 1.82) is 0 Å². The van der Waals surface area contributed by atoms with Crippen LogP contribution in [0, 0.1) is 26.7 Å². The lowest BCUT2D eigenvalue weighted by Gasteiger charge is -2.33. The lowest BCUT2D eigenvalue weighted by atomic mass is 9.90. The van der Waals surface area contributed by atoms with E-state index in [1.165, 1.54) is 36.4 Å². The molecule has 1 fully saturated rings. The topological polar surface area (TPSA) is 20.2 Å². The van der Waals surface area contributed by atoms with Gasteiger partial charge in [0.2, 0.25) is 0 Å². The Kier molecular flexibility index (Phi) is 5.14. The van der Waals surface area contributed by atoms with Crippen molar-refractivity contribution >= 4 is 19.2 Å². The lowest BCUT2D eigenvalue weighted by Crippen LogP contribution is -2.47. The summed E-state index contributed by atoms with van der Waals surface area (Å²) in [6.45, 7) is 8.63. The van der Waals surface area contributed by atoms with Gasteiger partial charge in [-0.3, -0.25) is 0 Å². The first-order chi connectivity index (χ1) is 11.5. The number of phenolic OH excluding ortho intramolecular Hbond substituents is 1. The fraction of sp³-hybridized carbons (Fsp3) is 0.455. The van der Waals surface area contributed by atoms with Gasteiger partial charge < -0.3 is 5.11 Å². The summed E-state index contributed by atoms with van der Waals surface area (Å²) in [5, 5.41) is 13.2. The Hall–Kier alpha value is -1.54. The molecule has 1 aliphatic rings. The van der Waals surface area contributed by atoms with Crippen LogP contribution in [-0.2, 0) is 0 Å². The number of benzene rings is 2. The Morgan fingerprint density at radius 3 is 1.92 bits per heavy atom. The van der Waals surface area contributed by atoms with Gasteiger partial charge in [-0.1, -0.05) is 84.9 Å². The highest BCUT2D eigenvalue weighted by molar-refractivity contribution is 6.86. The van der Waals surface area contributed by atoms with Crippen molar-refractivity contribution in [2.24, 2.45) is 5.92 Å². The van der Waals surface area contributed by atoms with Gasteiger partial charge in [0, 0.05) is 0 Å². The number of rotatable bonds is 3.